The lowest BCUT2D eigenvalue weighted by atomic mass is 9.94. The number of hydrogen-bond donors (Lipinski definition) is 0. The second-order valence-electron chi connectivity index (χ2n) is 10.7. The molecule has 0 fully saturated rings. The van der Waals surface area contributed by atoms with Gasteiger partial charge in [0, 0.05) is 32.3 Å². The Morgan fingerprint density at radius 2 is 1.30 bits per heavy atom. The van der Waals surface area contributed by atoms with Gasteiger partial charge in [-0.1, -0.05) is 66.7 Å². The van der Waals surface area contributed by atoms with E-state index in [0.717, 1.165) is 80.7 Å². The van der Waals surface area contributed by atoms with E-state index in [2.05, 4.69) is 71.3 Å². The van der Waals surface area contributed by atoms with Gasteiger partial charge in [-0.15, -0.1) is 11.3 Å². The van der Waals surface area contributed by atoms with Crippen LogP contribution >= 0.6 is 11.3 Å². The van der Waals surface area contributed by atoms with E-state index in [-0.39, 0.29) is 0 Å². The number of benzene rings is 6. The van der Waals surface area contributed by atoms with Gasteiger partial charge in [-0.2, -0.15) is 10.5 Å². The van der Waals surface area contributed by atoms with Crippen molar-refractivity contribution in [3.05, 3.63) is 126 Å². The monoisotopic (exact) mass is 565 g/mol. The third-order valence-electron chi connectivity index (χ3n) is 8.48. The van der Waals surface area contributed by atoms with Crippen molar-refractivity contribution >= 4 is 75.3 Å². The normalized spacial score (nSPS) is 11.7. The highest BCUT2D eigenvalue weighted by atomic mass is 32.1. The third-order valence-corrected chi connectivity index (χ3v) is 9.74. The number of para-hydroxylation sites is 2. The maximum absolute atomic E-state index is 10.2. The van der Waals surface area contributed by atoms with Gasteiger partial charge < -0.3 is 8.98 Å². The van der Waals surface area contributed by atoms with Crippen LogP contribution in [-0.4, -0.2) is 4.57 Å². The van der Waals surface area contributed by atoms with Crippen molar-refractivity contribution in [1.82, 2.24) is 4.57 Å². The van der Waals surface area contributed by atoms with E-state index >= 15 is 0 Å². The van der Waals surface area contributed by atoms with Crippen molar-refractivity contribution < 1.29 is 4.42 Å². The summed E-state index contributed by atoms with van der Waals surface area (Å²) >= 11 is 1.66. The van der Waals surface area contributed by atoms with E-state index in [1.165, 1.54) is 0 Å². The van der Waals surface area contributed by atoms with Crippen LogP contribution in [-0.2, 0) is 0 Å². The molecule has 3 heterocycles. The smallest absolute Gasteiger partial charge is 0.136 e. The van der Waals surface area contributed by atoms with Crippen LogP contribution in [0.2, 0.25) is 0 Å². The number of nitriles is 2. The average molecular weight is 566 g/mol. The molecule has 3 aromatic heterocycles. The van der Waals surface area contributed by atoms with Crippen molar-refractivity contribution in [1.29, 1.82) is 10.5 Å². The molecule has 9 rings (SSSR count). The van der Waals surface area contributed by atoms with Crippen molar-refractivity contribution in [3.63, 3.8) is 0 Å². The van der Waals surface area contributed by atoms with Crippen molar-refractivity contribution in [2.75, 3.05) is 0 Å². The summed E-state index contributed by atoms with van der Waals surface area (Å²) in [6.07, 6.45) is 0. The van der Waals surface area contributed by atoms with Gasteiger partial charge in [-0.3, -0.25) is 0 Å². The summed E-state index contributed by atoms with van der Waals surface area (Å²) in [5.74, 6) is 0. The number of furan rings is 1. The first-order chi connectivity index (χ1) is 21.2. The largest absolute Gasteiger partial charge is 0.456 e. The van der Waals surface area contributed by atoms with Gasteiger partial charge in [-0.05, 0) is 59.7 Å². The lowest BCUT2D eigenvalue weighted by Gasteiger charge is -2.10. The molecule has 0 saturated carbocycles. The van der Waals surface area contributed by atoms with Gasteiger partial charge in [0.2, 0.25) is 0 Å². The molecule has 0 unspecified atom stereocenters. The van der Waals surface area contributed by atoms with E-state index in [1.54, 1.807) is 11.3 Å². The fourth-order valence-electron chi connectivity index (χ4n) is 6.68. The lowest BCUT2D eigenvalue weighted by molar-refractivity contribution is 0.669. The molecule has 0 radical (unpaired) electrons. The number of fused-ring (bicyclic) bond motifs is 9. The van der Waals surface area contributed by atoms with Gasteiger partial charge in [0.1, 0.15) is 17.2 Å². The number of rotatable bonds is 2. The van der Waals surface area contributed by atoms with Crippen LogP contribution in [0.3, 0.4) is 0 Å². The molecular formula is C38H19N3OS. The Morgan fingerprint density at radius 1 is 0.558 bits per heavy atom. The Balaban J connectivity index is 1.42. The molecule has 0 N–H and O–H groups in total. The zero-order valence-corrected chi connectivity index (χ0v) is 23.4. The highest BCUT2D eigenvalue weighted by Crippen LogP contribution is 2.47. The minimum Gasteiger partial charge on any atom is -0.456 e. The van der Waals surface area contributed by atoms with Crippen LogP contribution in [0.1, 0.15) is 11.1 Å². The maximum Gasteiger partial charge on any atom is 0.136 e. The second kappa shape index (κ2) is 8.81. The Bertz CT molecular complexity index is 2710. The molecular weight excluding hydrogens is 547 g/mol. The van der Waals surface area contributed by atoms with E-state index < -0.39 is 0 Å². The highest BCUT2D eigenvalue weighted by Gasteiger charge is 2.21. The van der Waals surface area contributed by atoms with Gasteiger partial charge in [-0.25, -0.2) is 0 Å². The molecule has 4 nitrogen and oxygen atoms in total. The van der Waals surface area contributed by atoms with E-state index in [0.29, 0.717) is 11.1 Å². The molecule has 5 heteroatoms. The Kier molecular flexibility index (Phi) is 4.87. The molecule has 9 aromatic rings. The standard InChI is InChI=1S/C38H19N3OS/c39-20-22-15-18-31-29(19-22)24-7-1-3-11-30(24)41(31)32-12-5-10-28-36-26(17-16-23(21-40)37(36)43-38(28)32)25-9-6-14-34-35(25)27-8-2-4-13-33(27)42-34/h1-19H. The Labute approximate surface area is 249 Å². The van der Waals surface area contributed by atoms with Crippen LogP contribution in [0.15, 0.2) is 120 Å². The number of hydrogen-bond acceptors (Lipinski definition) is 4. The number of nitrogens with zero attached hydrogens (tertiary/aromatic N) is 3. The first-order valence-electron chi connectivity index (χ1n) is 14.0. The predicted octanol–water partition coefficient (Wildman–Crippen LogP) is 10.5. The van der Waals surface area contributed by atoms with Crippen LogP contribution in [0.5, 0.6) is 0 Å². The molecule has 0 bridgehead atoms. The topological polar surface area (TPSA) is 65.7 Å². The van der Waals surface area contributed by atoms with E-state index in [9.17, 15) is 10.5 Å². The molecule has 0 spiro atoms. The van der Waals surface area contributed by atoms with Gasteiger partial charge >= 0.3 is 0 Å². The Hall–Kier alpha value is -5.88. The first kappa shape index (κ1) is 23.8. The van der Waals surface area contributed by atoms with Crippen LogP contribution in [0, 0.1) is 22.7 Å². The summed E-state index contributed by atoms with van der Waals surface area (Å²) in [5.41, 5.74) is 8.34. The summed E-state index contributed by atoms with van der Waals surface area (Å²) in [5, 5.41) is 26.3. The second-order valence-corrected chi connectivity index (χ2v) is 11.7. The van der Waals surface area contributed by atoms with Gasteiger partial charge in [0.15, 0.2) is 0 Å². The van der Waals surface area contributed by atoms with Crippen LogP contribution in [0.4, 0.5) is 0 Å². The van der Waals surface area contributed by atoms with Crippen molar-refractivity contribution in [2.24, 2.45) is 0 Å². The minimum absolute atomic E-state index is 0.639. The molecule has 198 valence electrons. The summed E-state index contributed by atoms with van der Waals surface area (Å²) in [6, 6.07) is 43.8. The SMILES string of the molecule is N#Cc1ccc2c(c1)c1ccccc1n2-c1cccc2c1sc1c(C#N)ccc(-c3cccc4oc5ccccc5c34)c12. The average Bonchev–Trinajstić information content (AvgIpc) is 3.74. The molecule has 0 aliphatic rings. The van der Waals surface area contributed by atoms with E-state index in [1.807, 2.05) is 60.7 Å². The van der Waals surface area contributed by atoms with E-state index in [4.69, 9.17) is 4.42 Å². The van der Waals surface area contributed by atoms with Crippen LogP contribution < -0.4 is 0 Å². The molecule has 0 amide bonds. The third kappa shape index (κ3) is 3.23. The first-order valence-corrected chi connectivity index (χ1v) is 14.8. The molecule has 0 atom stereocenters. The fourth-order valence-corrected chi connectivity index (χ4v) is 7.97. The molecule has 0 aliphatic heterocycles. The predicted molar refractivity (Wildman–Crippen MR) is 176 cm³/mol. The Morgan fingerprint density at radius 3 is 2.19 bits per heavy atom. The van der Waals surface area contributed by atoms with Crippen LogP contribution in [0.25, 0.3) is 80.7 Å². The number of thiophene rings is 1. The zero-order chi connectivity index (χ0) is 28.7. The van der Waals surface area contributed by atoms with Gasteiger partial charge in [0.05, 0.1) is 43.3 Å². The highest BCUT2D eigenvalue weighted by molar-refractivity contribution is 7.26. The number of aromatic nitrogens is 1. The zero-order valence-electron chi connectivity index (χ0n) is 22.6. The molecule has 0 aliphatic carbocycles. The van der Waals surface area contributed by atoms with Gasteiger partial charge in [0.25, 0.3) is 0 Å². The molecule has 6 aromatic carbocycles. The summed E-state index contributed by atoms with van der Waals surface area (Å²) in [4.78, 5) is 0. The minimum atomic E-state index is 0.639. The molecule has 0 saturated heterocycles. The summed E-state index contributed by atoms with van der Waals surface area (Å²) in [7, 11) is 0. The van der Waals surface area contributed by atoms with Crippen molar-refractivity contribution in [2.45, 2.75) is 0 Å². The lowest BCUT2D eigenvalue weighted by Crippen LogP contribution is -1.93. The quantitative estimate of drug-likeness (QED) is 0.209. The molecule has 43 heavy (non-hydrogen) atoms. The van der Waals surface area contributed by atoms with Crippen molar-refractivity contribution in [3.8, 4) is 29.0 Å². The summed E-state index contributed by atoms with van der Waals surface area (Å²) in [6.45, 7) is 0. The fraction of sp³-hybridized carbons (Fsp3) is 0. The maximum atomic E-state index is 10.2. The summed E-state index contributed by atoms with van der Waals surface area (Å²) < 4.78 is 10.6.